The summed E-state index contributed by atoms with van der Waals surface area (Å²) in [4.78, 5) is 14.3. The van der Waals surface area contributed by atoms with Gasteiger partial charge < -0.3 is 4.90 Å². The van der Waals surface area contributed by atoms with Crippen LogP contribution in [0.15, 0.2) is 35.2 Å². The van der Waals surface area contributed by atoms with E-state index in [1.165, 1.54) is 11.8 Å². The van der Waals surface area contributed by atoms with Crippen LogP contribution >= 0.6 is 32.6 Å². The third-order valence-corrected chi connectivity index (χ3v) is 5.66. The van der Waals surface area contributed by atoms with Gasteiger partial charge >= 0.3 is 0 Å². The summed E-state index contributed by atoms with van der Waals surface area (Å²) in [6.07, 6.45) is 0. The molecule has 0 radical (unpaired) electrons. The van der Waals surface area contributed by atoms with Gasteiger partial charge in [0.1, 0.15) is 0 Å². The number of likely N-dealkylation sites (tertiary alicyclic amines) is 1. The molecule has 1 unspecified atom stereocenters. The van der Waals surface area contributed by atoms with Gasteiger partial charge in [-0.05, 0) is 12.1 Å². The predicted molar refractivity (Wildman–Crippen MR) is 67.2 cm³/mol. The van der Waals surface area contributed by atoms with Gasteiger partial charge in [0.25, 0.3) is 5.91 Å². The Bertz CT molecular complexity index is 388. The second-order valence-corrected chi connectivity index (χ2v) is 6.19. The SMILES string of the molecule is CN1C(=O)[C@@](Cl)(Sc2ccccc2)[C@@H]1P. The topological polar surface area (TPSA) is 20.3 Å². The average Bonchev–Trinajstić information content (AvgIpc) is 2.28. The van der Waals surface area contributed by atoms with Gasteiger partial charge in [-0.2, -0.15) is 0 Å². The van der Waals surface area contributed by atoms with Gasteiger partial charge in [-0.25, -0.2) is 0 Å². The van der Waals surface area contributed by atoms with Crippen molar-refractivity contribution < 1.29 is 4.79 Å². The molecule has 1 heterocycles. The summed E-state index contributed by atoms with van der Waals surface area (Å²) >= 11 is 7.69. The summed E-state index contributed by atoms with van der Waals surface area (Å²) in [6.45, 7) is 0. The van der Waals surface area contributed by atoms with Gasteiger partial charge in [-0.1, -0.05) is 41.6 Å². The fourth-order valence-electron chi connectivity index (χ4n) is 1.44. The van der Waals surface area contributed by atoms with E-state index in [-0.39, 0.29) is 11.7 Å². The van der Waals surface area contributed by atoms with Crippen molar-refractivity contribution in [1.82, 2.24) is 4.90 Å². The summed E-state index contributed by atoms with van der Waals surface area (Å²) in [5.74, 6) is -0.0464. The molecule has 80 valence electrons. The molecule has 3 atom stereocenters. The Morgan fingerprint density at radius 1 is 1.47 bits per heavy atom. The van der Waals surface area contributed by atoms with Gasteiger partial charge in [0.05, 0.1) is 5.78 Å². The highest BCUT2D eigenvalue weighted by atomic mass is 35.5. The molecule has 1 fully saturated rings. The summed E-state index contributed by atoms with van der Waals surface area (Å²) < 4.78 is -0.846. The molecule has 0 N–H and O–H groups in total. The van der Waals surface area contributed by atoms with Crippen molar-refractivity contribution in [3.05, 3.63) is 30.3 Å². The van der Waals surface area contributed by atoms with Crippen LogP contribution in [0.4, 0.5) is 0 Å². The van der Waals surface area contributed by atoms with Crippen LogP contribution in [0.25, 0.3) is 0 Å². The van der Waals surface area contributed by atoms with E-state index in [1.807, 2.05) is 30.3 Å². The number of thioether (sulfide) groups is 1. The fourth-order valence-corrected chi connectivity index (χ4v) is 3.62. The van der Waals surface area contributed by atoms with E-state index in [1.54, 1.807) is 11.9 Å². The molecule has 0 spiro atoms. The summed E-state index contributed by atoms with van der Waals surface area (Å²) in [5, 5.41) is 0. The largest absolute Gasteiger partial charge is 0.334 e. The lowest BCUT2D eigenvalue weighted by Gasteiger charge is -2.48. The zero-order valence-electron chi connectivity index (χ0n) is 8.18. The maximum absolute atomic E-state index is 11.7. The van der Waals surface area contributed by atoms with E-state index in [0.29, 0.717) is 0 Å². The number of β-lactam (4-membered cyclic amide) rings is 1. The van der Waals surface area contributed by atoms with Gasteiger partial charge in [0, 0.05) is 11.9 Å². The normalized spacial score (nSPS) is 30.2. The van der Waals surface area contributed by atoms with Crippen molar-refractivity contribution in [3.63, 3.8) is 0 Å². The molecule has 0 aromatic heterocycles. The standard InChI is InChI=1S/C10H11ClNOPS/c1-12-8(13)10(11,9(12)14)15-7-5-3-2-4-6-7/h2-6,9H,14H2,1H3/t9-,10+/m0/s1. The van der Waals surface area contributed by atoms with Crippen molar-refractivity contribution in [3.8, 4) is 0 Å². The first-order valence-electron chi connectivity index (χ1n) is 4.51. The highest BCUT2D eigenvalue weighted by molar-refractivity contribution is 8.03. The van der Waals surface area contributed by atoms with Crippen molar-refractivity contribution >= 4 is 38.5 Å². The minimum absolute atomic E-state index is 0.0168. The second kappa shape index (κ2) is 3.97. The Kier molecular flexibility index (Phi) is 2.98. The van der Waals surface area contributed by atoms with E-state index in [2.05, 4.69) is 9.24 Å². The molecule has 1 aliphatic rings. The van der Waals surface area contributed by atoms with Crippen LogP contribution in [-0.2, 0) is 4.79 Å². The smallest absolute Gasteiger partial charge is 0.257 e. The Morgan fingerprint density at radius 2 is 2.07 bits per heavy atom. The van der Waals surface area contributed by atoms with Crippen molar-refractivity contribution in [1.29, 1.82) is 0 Å². The van der Waals surface area contributed by atoms with Crippen LogP contribution in [0.1, 0.15) is 0 Å². The zero-order chi connectivity index (χ0) is 11.1. The number of amides is 1. The molecule has 1 saturated heterocycles. The molecular weight excluding hydrogens is 249 g/mol. The number of halogens is 1. The van der Waals surface area contributed by atoms with E-state index in [4.69, 9.17) is 11.6 Å². The van der Waals surface area contributed by atoms with Crippen molar-refractivity contribution in [2.24, 2.45) is 0 Å². The van der Waals surface area contributed by atoms with Crippen LogP contribution < -0.4 is 0 Å². The lowest BCUT2D eigenvalue weighted by atomic mass is 10.2. The Labute approximate surface area is 101 Å². The van der Waals surface area contributed by atoms with Gasteiger partial charge in [-0.15, -0.1) is 9.24 Å². The fraction of sp³-hybridized carbons (Fsp3) is 0.300. The number of alkyl halides is 1. The Balaban J connectivity index is 2.16. The molecule has 15 heavy (non-hydrogen) atoms. The van der Waals surface area contributed by atoms with Gasteiger partial charge in [-0.3, -0.25) is 4.79 Å². The van der Waals surface area contributed by atoms with Crippen LogP contribution in [0.5, 0.6) is 0 Å². The molecule has 2 rings (SSSR count). The van der Waals surface area contributed by atoms with Crippen LogP contribution in [0, 0.1) is 0 Å². The van der Waals surface area contributed by atoms with E-state index < -0.39 is 4.21 Å². The van der Waals surface area contributed by atoms with Crippen molar-refractivity contribution in [2.75, 3.05) is 7.05 Å². The lowest BCUT2D eigenvalue weighted by molar-refractivity contribution is -0.140. The summed E-state index contributed by atoms with van der Waals surface area (Å²) in [6, 6.07) is 9.73. The molecule has 2 nitrogen and oxygen atoms in total. The Hall–Kier alpha value is -0.240. The highest BCUT2D eigenvalue weighted by Crippen LogP contribution is 2.50. The number of hydrogen-bond acceptors (Lipinski definition) is 2. The molecule has 1 aliphatic heterocycles. The van der Waals surface area contributed by atoms with Crippen molar-refractivity contribution in [2.45, 2.75) is 14.9 Å². The first-order chi connectivity index (χ1) is 7.05. The number of carbonyl (C=O) groups is 1. The lowest BCUT2D eigenvalue weighted by Crippen LogP contribution is -2.64. The molecular formula is C10H11ClNOPS. The maximum Gasteiger partial charge on any atom is 0.257 e. The molecule has 0 saturated carbocycles. The minimum Gasteiger partial charge on any atom is -0.334 e. The molecule has 1 aromatic carbocycles. The predicted octanol–water partition coefficient (Wildman–Crippen LogP) is 2.39. The summed E-state index contributed by atoms with van der Waals surface area (Å²) in [7, 11) is 4.36. The quantitative estimate of drug-likeness (QED) is 0.462. The molecule has 1 aromatic rings. The third-order valence-electron chi connectivity index (χ3n) is 2.42. The first-order valence-corrected chi connectivity index (χ1v) is 6.37. The molecule has 5 heteroatoms. The number of nitrogens with zero attached hydrogens (tertiary/aromatic N) is 1. The number of benzene rings is 1. The zero-order valence-corrected chi connectivity index (χ0v) is 10.9. The van der Waals surface area contributed by atoms with E-state index in [9.17, 15) is 4.79 Å². The third kappa shape index (κ3) is 1.77. The number of rotatable bonds is 2. The van der Waals surface area contributed by atoms with Crippen LogP contribution in [-0.4, -0.2) is 27.8 Å². The van der Waals surface area contributed by atoms with E-state index in [0.717, 1.165) is 4.90 Å². The first kappa shape index (κ1) is 11.3. The minimum atomic E-state index is -0.846. The number of hydrogen-bond donors (Lipinski definition) is 0. The molecule has 0 bridgehead atoms. The van der Waals surface area contributed by atoms with E-state index >= 15 is 0 Å². The highest BCUT2D eigenvalue weighted by Gasteiger charge is 2.57. The molecule has 0 aliphatic carbocycles. The van der Waals surface area contributed by atoms with Gasteiger partial charge in [0.15, 0.2) is 4.21 Å². The van der Waals surface area contributed by atoms with Gasteiger partial charge in [0.2, 0.25) is 0 Å². The second-order valence-electron chi connectivity index (χ2n) is 3.42. The van der Waals surface area contributed by atoms with Crippen LogP contribution in [0.2, 0.25) is 0 Å². The summed E-state index contributed by atoms with van der Waals surface area (Å²) in [5.41, 5.74) is 0. The Morgan fingerprint density at radius 3 is 2.60 bits per heavy atom. The monoisotopic (exact) mass is 259 g/mol. The maximum atomic E-state index is 11.7. The number of carbonyl (C=O) groups excluding carboxylic acids is 1. The molecule has 1 amide bonds. The average molecular weight is 260 g/mol. The van der Waals surface area contributed by atoms with Crippen LogP contribution in [0.3, 0.4) is 0 Å².